The van der Waals surface area contributed by atoms with Crippen LogP contribution in [0.2, 0.25) is 0 Å². The Morgan fingerprint density at radius 2 is 2.11 bits per heavy atom. The fraction of sp³-hybridized carbons (Fsp3) is 0.600. The molecule has 1 aromatic heterocycles. The van der Waals surface area contributed by atoms with Gasteiger partial charge in [0.05, 0.1) is 0 Å². The van der Waals surface area contributed by atoms with E-state index in [4.69, 9.17) is 0 Å². The van der Waals surface area contributed by atoms with Crippen molar-refractivity contribution in [3.8, 4) is 0 Å². The van der Waals surface area contributed by atoms with Gasteiger partial charge in [0.15, 0.2) is 0 Å². The van der Waals surface area contributed by atoms with Crippen LogP contribution < -0.4 is 5.32 Å². The zero-order valence-corrected chi connectivity index (χ0v) is 12.7. The maximum Gasteiger partial charge on any atom is 0.253 e. The number of pyridine rings is 1. The van der Waals surface area contributed by atoms with E-state index in [-0.39, 0.29) is 5.91 Å². The minimum Gasteiger partial charge on any atom is -0.370 e. The largest absolute Gasteiger partial charge is 0.370 e. The molecule has 1 aromatic rings. The van der Waals surface area contributed by atoms with E-state index in [0.29, 0.717) is 11.5 Å². The number of hydrogen-bond donors (Lipinski definition) is 1. The molecule has 0 unspecified atom stereocenters. The maximum atomic E-state index is 12.3. The van der Waals surface area contributed by atoms with Crippen molar-refractivity contribution in [3.63, 3.8) is 0 Å². The van der Waals surface area contributed by atoms with Gasteiger partial charge in [-0.2, -0.15) is 0 Å². The standard InChI is InChI=1S/C15H25N3O/c1-6-16-14-10-13(9-12(4)17-14)15(19)18(5)8-7-11(2)3/h9-11H,6-8H2,1-5H3,(H,16,17). The van der Waals surface area contributed by atoms with Crippen molar-refractivity contribution in [2.45, 2.75) is 34.1 Å². The van der Waals surface area contributed by atoms with E-state index in [2.05, 4.69) is 24.1 Å². The van der Waals surface area contributed by atoms with Crippen molar-refractivity contribution >= 4 is 11.7 Å². The number of amides is 1. The molecule has 0 bridgehead atoms. The van der Waals surface area contributed by atoms with Crippen LogP contribution >= 0.6 is 0 Å². The van der Waals surface area contributed by atoms with Crippen LogP contribution in [0, 0.1) is 12.8 Å². The molecule has 0 saturated carbocycles. The Labute approximate surface area is 116 Å². The highest BCUT2D eigenvalue weighted by atomic mass is 16.2. The van der Waals surface area contributed by atoms with E-state index in [1.165, 1.54) is 0 Å². The van der Waals surface area contributed by atoms with Crippen molar-refractivity contribution in [1.82, 2.24) is 9.88 Å². The SMILES string of the molecule is CCNc1cc(C(=O)N(C)CCC(C)C)cc(C)n1. The van der Waals surface area contributed by atoms with Crippen LogP contribution in [0.15, 0.2) is 12.1 Å². The molecule has 0 aliphatic heterocycles. The molecule has 1 N–H and O–H groups in total. The molecule has 106 valence electrons. The summed E-state index contributed by atoms with van der Waals surface area (Å²) in [4.78, 5) is 18.5. The van der Waals surface area contributed by atoms with Crippen molar-refractivity contribution in [1.29, 1.82) is 0 Å². The lowest BCUT2D eigenvalue weighted by Crippen LogP contribution is -2.28. The molecular formula is C15H25N3O. The highest BCUT2D eigenvalue weighted by Gasteiger charge is 2.13. The lowest BCUT2D eigenvalue weighted by atomic mass is 10.1. The summed E-state index contributed by atoms with van der Waals surface area (Å²) in [6.45, 7) is 9.84. The minimum atomic E-state index is 0.0605. The fourth-order valence-electron chi connectivity index (χ4n) is 1.84. The maximum absolute atomic E-state index is 12.3. The molecule has 0 saturated heterocycles. The first-order valence-electron chi connectivity index (χ1n) is 6.92. The number of rotatable bonds is 6. The first kappa shape index (κ1) is 15.5. The minimum absolute atomic E-state index is 0.0605. The highest BCUT2D eigenvalue weighted by Crippen LogP contribution is 2.13. The number of anilines is 1. The summed E-state index contributed by atoms with van der Waals surface area (Å²) in [6.07, 6.45) is 1.02. The van der Waals surface area contributed by atoms with Gasteiger partial charge in [0, 0.05) is 31.4 Å². The average Bonchev–Trinajstić information content (AvgIpc) is 2.34. The number of nitrogens with zero attached hydrogens (tertiary/aromatic N) is 2. The predicted octanol–water partition coefficient (Wildman–Crippen LogP) is 2.94. The lowest BCUT2D eigenvalue weighted by Gasteiger charge is -2.19. The summed E-state index contributed by atoms with van der Waals surface area (Å²) in [5.41, 5.74) is 1.56. The van der Waals surface area contributed by atoms with Gasteiger partial charge in [-0.05, 0) is 38.3 Å². The summed E-state index contributed by atoms with van der Waals surface area (Å²) in [6, 6.07) is 3.67. The second kappa shape index (κ2) is 7.12. The Kier molecular flexibility index (Phi) is 5.80. The zero-order valence-electron chi connectivity index (χ0n) is 12.7. The molecule has 0 radical (unpaired) electrons. The van der Waals surface area contributed by atoms with Crippen molar-refractivity contribution in [2.75, 3.05) is 25.5 Å². The molecule has 1 amide bonds. The van der Waals surface area contributed by atoms with Crippen LogP contribution in [-0.4, -0.2) is 35.9 Å². The molecule has 19 heavy (non-hydrogen) atoms. The predicted molar refractivity (Wildman–Crippen MR) is 79.6 cm³/mol. The van der Waals surface area contributed by atoms with E-state index < -0.39 is 0 Å². The van der Waals surface area contributed by atoms with Gasteiger partial charge in [0.1, 0.15) is 5.82 Å². The first-order valence-corrected chi connectivity index (χ1v) is 6.92. The van der Waals surface area contributed by atoms with E-state index >= 15 is 0 Å². The zero-order chi connectivity index (χ0) is 14.4. The Balaban J connectivity index is 2.80. The van der Waals surface area contributed by atoms with Crippen LogP contribution in [0.4, 0.5) is 5.82 Å². The Bertz CT molecular complexity index is 429. The number of carbonyl (C=O) groups is 1. The molecule has 0 spiro atoms. The van der Waals surface area contributed by atoms with Gasteiger partial charge in [-0.15, -0.1) is 0 Å². The number of nitrogens with one attached hydrogen (secondary N) is 1. The third kappa shape index (κ3) is 4.89. The average molecular weight is 263 g/mol. The van der Waals surface area contributed by atoms with Gasteiger partial charge >= 0.3 is 0 Å². The Morgan fingerprint density at radius 1 is 1.42 bits per heavy atom. The second-order valence-corrected chi connectivity index (χ2v) is 5.32. The van der Waals surface area contributed by atoms with Crippen molar-refractivity contribution < 1.29 is 4.79 Å². The van der Waals surface area contributed by atoms with Gasteiger partial charge in [0.25, 0.3) is 5.91 Å². The molecular weight excluding hydrogens is 238 g/mol. The van der Waals surface area contributed by atoms with Gasteiger partial charge in [0.2, 0.25) is 0 Å². The molecule has 0 atom stereocenters. The second-order valence-electron chi connectivity index (χ2n) is 5.32. The lowest BCUT2D eigenvalue weighted by molar-refractivity contribution is 0.0789. The smallest absolute Gasteiger partial charge is 0.253 e. The molecule has 4 nitrogen and oxygen atoms in total. The summed E-state index contributed by atoms with van der Waals surface area (Å²) in [5.74, 6) is 1.43. The molecule has 0 aliphatic rings. The molecule has 0 aliphatic carbocycles. The molecule has 1 heterocycles. The summed E-state index contributed by atoms with van der Waals surface area (Å²) in [7, 11) is 1.85. The number of carbonyl (C=O) groups excluding carboxylic acids is 1. The molecule has 0 fully saturated rings. The van der Waals surface area contributed by atoms with Crippen molar-refractivity contribution in [3.05, 3.63) is 23.4 Å². The van der Waals surface area contributed by atoms with Crippen LogP contribution in [0.3, 0.4) is 0 Å². The van der Waals surface area contributed by atoms with Crippen LogP contribution in [0.1, 0.15) is 43.2 Å². The molecule has 1 rings (SSSR count). The number of hydrogen-bond acceptors (Lipinski definition) is 3. The Morgan fingerprint density at radius 3 is 2.68 bits per heavy atom. The van der Waals surface area contributed by atoms with Gasteiger partial charge < -0.3 is 10.2 Å². The summed E-state index contributed by atoms with van der Waals surface area (Å²) >= 11 is 0. The third-order valence-corrected chi connectivity index (χ3v) is 2.95. The van der Waals surface area contributed by atoms with Gasteiger partial charge in [-0.1, -0.05) is 13.8 Å². The van der Waals surface area contributed by atoms with Crippen LogP contribution in [0.25, 0.3) is 0 Å². The Hall–Kier alpha value is -1.58. The summed E-state index contributed by atoms with van der Waals surface area (Å²) < 4.78 is 0. The van der Waals surface area contributed by atoms with Gasteiger partial charge in [-0.25, -0.2) is 4.98 Å². The number of aromatic nitrogens is 1. The number of aryl methyl sites for hydroxylation is 1. The monoisotopic (exact) mass is 263 g/mol. The third-order valence-electron chi connectivity index (χ3n) is 2.95. The fourth-order valence-corrected chi connectivity index (χ4v) is 1.84. The van der Waals surface area contributed by atoms with Crippen molar-refractivity contribution in [2.24, 2.45) is 5.92 Å². The first-order chi connectivity index (χ1) is 8.93. The normalized spacial score (nSPS) is 10.6. The van der Waals surface area contributed by atoms with E-state index in [1.807, 2.05) is 33.0 Å². The highest BCUT2D eigenvalue weighted by molar-refractivity contribution is 5.94. The van der Waals surface area contributed by atoms with Crippen LogP contribution in [-0.2, 0) is 0 Å². The van der Waals surface area contributed by atoms with Gasteiger partial charge in [-0.3, -0.25) is 4.79 Å². The quantitative estimate of drug-likeness (QED) is 0.858. The summed E-state index contributed by atoms with van der Waals surface area (Å²) in [5, 5.41) is 3.15. The topological polar surface area (TPSA) is 45.2 Å². The molecule has 0 aromatic carbocycles. The van der Waals surface area contributed by atoms with Crippen LogP contribution in [0.5, 0.6) is 0 Å². The molecule has 4 heteroatoms. The van der Waals surface area contributed by atoms with E-state index in [1.54, 1.807) is 4.90 Å². The van der Waals surface area contributed by atoms with E-state index in [9.17, 15) is 4.79 Å². The van der Waals surface area contributed by atoms with E-state index in [0.717, 1.165) is 31.0 Å².